The zero-order valence-corrected chi connectivity index (χ0v) is 17.2. The van der Waals surface area contributed by atoms with Crippen molar-refractivity contribution in [1.82, 2.24) is 4.90 Å². The molecule has 2 aromatic carbocycles. The summed E-state index contributed by atoms with van der Waals surface area (Å²) in [7, 11) is 5.13. The minimum atomic E-state index is -0.138. The molecule has 0 radical (unpaired) electrons. The number of benzene rings is 2. The molecule has 156 valence electrons. The second-order valence-electron chi connectivity index (χ2n) is 6.75. The van der Waals surface area contributed by atoms with Crippen molar-refractivity contribution in [1.29, 1.82) is 0 Å². The minimum absolute atomic E-state index is 0.100. The Hall–Kier alpha value is -3.06. The molecule has 7 nitrogen and oxygen atoms in total. The van der Waals surface area contributed by atoms with E-state index in [1.165, 1.54) is 0 Å². The molecule has 0 saturated carbocycles. The van der Waals surface area contributed by atoms with Gasteiger partial charge in [0.2, 0.25) is 11.8 Å². The Bertz CT molecular complexity index is 774. The van der Waals surface area contributed by atoms with E-state index in [9.17, 15) is 9.59 Å². The molecule has 0 aliphatic heterocycles. The molecule has 0 aromatic heterocycles. The number of ether oxygens (including phenoxy) is 2. The number of nitrogens with zero attached hydrogens (tertiary/aromatic N) is 1. The summed E-state index contributed by atoms with van der Waals surface area (Å²) in [5.74, 6) is 0.716. The van der Waals surface area contributed by atoms with Gasteiger partial charge in [-0.25, -0.2) is 0 Å². The minimum Gasteiger partial charge on any atom is -0.491 e. The van der Waals surface area contributed by atoms with Crippen molar-refractivity contribution >= 4 is 23.2 Å². The van der Waals surface area contributed by atoms with E-state index in [2.05, 4.69) is 10.6 Å². The molecular weight excluding hydrogens is 370 g/mol. The van der Waals surface area contributed by atoms with Gasteiger partial charge >= 0.3 is 0 Å². The third-order valence-corrected chi connectivity index (χ3v) is 4.23. The summed E-state index contributed by atoms with van der Waals surface area (Å²) in [6, 6.07) is 14.9. The number of rotatable bonds is 11. The van der Waals surface area contributed by atoms with Gasteiger partial charge in [-0.15, -0.1) is 0 Å². The molecule has 0 aliphatic carbocycles. The fraction of sp³-hybridized carbons (Fsp3) is 0.364. The van der Waals surface area contributed by atoms with Crippen molar-refractivity contribution in [3.8, 4) is 5.75 Å². The highest BCUT2D eigenvalue weighted by molar-refractivity contribution is 5.93. The number of hydrogen-bond donors (Lipinski definition) is 2. The van der Waals surface area contributed by atoms with Gasteiger partial charge < -0.3 is 25.0 Å². The number of aryl methyl sites for hydroxylation is 1. The van der Waals surface area contributed by atoms with Crippen LogP contribution in [0.15, 0.2) is 48.5 Å². The van der Waals surface area contributed by atoms with Crippen LogP contribution in [0.3, 0.4) is 0 Å². The first kappa shape index (κ1) is 22.2. The maximum atomic E-state index is 12.1. The van der Waals surface area contributed by atoms with Gasteiger partial charge in [-0.05, 0) is 48.4 Å². The summed E-state index contributed by atoms with van der Waals surface area (Å²) in [5.41, 5.74) is 2.62. The van der Waals surface area contributed by atoms with E-state index in [-0.39, 0.29) is 18.4 Å². The molecule has 29 heavy (non-hydrogen) atoms. The third kappa shape index (κ3) is 8.23. The molecule has 0 fully saturated rings. The van der Waals surface area contributed by atoms with E-state index in [4.69, 9.17) is 9.47 Å². The number of methoxy groups -OCH3 is 1. The van der Waals surface area contributed by atoms with Crippen LogP contribution in [-0.4, -0.2) is 57.7 Å². The van der Waals surface area contributed by atoms with Crippen molar-refractivity contribution in [2.75, 3.05) is 51.6 Å². The molecule has 7 heteroatoms. The van der Waals surface area contributed by atoms with Crippen molar-refractivity contribution in [3.63, 3.8) is 0 Å². The molecule has 0 spiro atoms. The average Bonchev–Trinajstić information content (AvgIpc) is 2.72. The van der Waals surface area contributed by atoms with E-state index in [1.807, 2.05) is 48.5 Å². The smallest absolute Gasteiger partial charge is 0.243 e. The lowest BCUT2D eigenvalue weighted by atomic mass is 10.1. The molecule has 2 rings (SSSR count). The van der Waals surface area contributed by atoms with Gasteiger partial charge in [-0.3, -0.25) is 9.59 Å². The van der Waals surface area contributed by atoms with E-state index in [1.54, 1.807) is 26.1 Å². The largest absolute Gasteiger partial charge is 0.491 e. The molecule has 2 aromatic rings. The van der Waals surface area contributed by atoms with Crippen LogP contribution in [0.25, 0.3) is 0 Å². The summed E-state index contributed by atoms with van der Waals surface area (Å²) in [4.78, 5) is 25.4. The molecule has 0 bridgehead atoms. The summed E-state index contributed by atoms with van der Waals surface area (Å²) >= 11 is 0. The lowest BCUT2D eigenvalue weighted by Crippen LogP contribution is -2.22. The van der Waals surface area contributed by atoms with Crippen molar-refractivity contribution in [3.05, 3.63) is 54.1 Å². The van der Waals surface area contributed by atoms with Crippen LogP contribution in [0.4, 0.5) is 11.4 Å². The summed E-state index contributed by atoms with van der Waals surface area (Å²) in [6.07, 6.45) is 1.15. The SMILES string of the molecule is COCCOc1ccc(NCC(=O)Nc2ccc(CCC(=O)N(C)C)cc2)cc1. The molecule has 2 amide bonds. The highest BCUT2D eigenvalue weighted by Gasteiger charge is 2.06. The quantitative estimate of drug-likeness (QED) is 0.568. The highest BCUT2D eigenvalue weighted by Crippen LogP contribution is 2.16. The molecule has 0 atom stereocenters. The summed E-state index contributed by atoms with van der Waals surface area (Å²) in [6.45, 7) is 1.19. The Balaban J connectivity index is 1.74. The Kier molecular flexibility index (Phi) is 8.98. The lowest BCUT2D eigenvalue weighted by molar-refractivity contribution is -0.128. The Morgan fingerprint density at radius 1 is 0.931 bits per heavy atom. The van der Waals surface area contributed by atoms with Crippen molar-refractivity contribution in [2.24, 2.45) is 0 Å². The normalized spacial score (nSPS) is 10.3. The van der Waals surface area contributed by atoms with Crippen LogP contribution < -0.4 is 15.4 Å². The van der Waals surface area contributed by atoms with Gasteiger partial charge in [-0.1, -0.05) is 12.1 Å². The van der Waals surface area contributed by atoms with Gasteiger partial charge in [0.05, 0.1) is 13.2 Å². The van der Waals surface area contributed by atoms with E-state index in [0.29, 0.717) is 26.1 Å². The Morgan fingerprint density at radius 3 is 2.21 bits per heavy atom. The van der Waals surface area contributed by atoms with E-state index >= 15 is 0 Å². The second kappa shape index (κ2) is 11.7. The molecule has 0 saturated heterocycles. The number of carbonyl (C=O) groups is 2. The lowest BCUT2D eigenvalue weighted by Gasteiger charge is -2.11. The molecular formula is C22H29N3O4. The van der Waals surface area contributed by atoms with Crippen LogP contribution in [-0.2, 0) is 20.7 Å². The highest BCUT2D eigenvalue weighted by atomic mass is 16.5. The first-order valence-electron chi connectivity index (χ1n) is 9.52. The fourth-order valence-electron chi connectivity index (χ4n) is 2.53. The number of anilines is 2. The number of amides is 2. The van der Waals surface area contributed by atoms with Gasteiger partial charge in [0.25, 0.3) is 0 Å². The first-order valence-corrected chi connectivity index (χ1v) is 9.52. The second-order valence-corrected chi connectivity index (χ2v) is 6.75. The predicted octanol–water partition coefficient (Wildman–Crippen LogP) is 2.78. The van der Waals surface area contributed by atoms with Gasteiger partial charge in [0.1, 0.15) is 12.4 Å². The maximum Gasteiger partial charge on any atom is 0.243 e. The van der Waals surface area contributed by atoms with E-state index in [0.717, 1.165) is 22.7 Å². The van der Waals surface area contributed by atoms with Crippen LogP contribution in [0.5, 0.6) is 5.75 Å². The van der Waals surface area contributed by atoms with Crippen LogP contribution in [0.1, 0.15) is 12.0 Å². The number of hydrogen-bond acceptors (Lipinski definition) is 5. The molecule has 2 N–H and O–H groups in total. The first-order chi connectivity index (χ1) is 14.0. The summed E-state index contributed by atoms with van der Waals surface area (Å²) in [5, 5.41) is 5.93. The zero-order valence-electron chi connectivity index (χ0n) is 17.2. The third-order valence-electron chi connectivity index (χ3n) is 4.23. The van der Waals surface area contributed by atoms with Crippen LogP contribution in [0.2, 0.25) is 0 Å². The molecule has 0 aliphatic rings. The summed E-state index contributed by atoms with van der Waals surface area (Å²) < 4.78 is 10.4. The van der Waals surface area contributed by atoms with Gasteiger partial charge in [-0.2, -0.15) is 0 Å². The molecule has 0 heterocycles. The monoisotopic (exact) mass is 399 g/mol. The Morgan fingerprint density at radius 2 is 1.59 bits per heavy atom. The van der Waals surface area contributed by atoms with Gasteiger partial charge in [0, 0.05) is 39.0 Å². The fourth-order valence-corrected chi connectivity index (χ4v) is 2.53. The number of nitrogens with one attached hydrogen (secondary N) is 2. The molecule has 0 unspecified atom stereocenters. The van der Waals surface area contributed by atoms with Gasteiger partial charge in [0.15, 0.2) is 0 Å². The zero-order chi connectivity index (χ0) is 21.1. The standard InChI is InChI=1S/C22H29N3O4/c1-25(2)22(27)13-6-17-4-7-19(8-5-17)24-21(26)16-23-18-9-11-20(12-10-18)29-15-14-28-3/h4-5,7-12,23H,6,13-16H2,1-3H3,(H,24,26). The average molecular weight is 399 g/mol. The van der Waals surface area contributed by atoms with Crippen LogP contribution >= 0.6 is 0 Å². The van der Waals surface area contributed by atoms with Crippen molar-refractivity contribution < 1.29 is 19.1 Å². The van der Waals surface area contributed by atoms with Crippen molar-refractivity contribution in [2.45, 2.75) is 12.8 Å². The Labute approximate surface area is 172 Å². The maximum absolute atomic E-state index is 12.1. The number of carbonyl (C=O) groups excluding carboxylic acids is 2. The predicted molar refractivity (Wildman–Crippen MR) is 114 cm³/mol. The topological polar surface area (TPSA) is 79.9 Å². The van der Waals surface area contributed by atoms with Crippen LogP contribution in [0, 0.1) is 0 Å². The van der Waals surface area contributed by atoms with E-state index < -0.39 is 0 Å².